The molecule has 7 heteroatoms. The van der Waals surface area contributed by atoms with Gasteiger partial charge in [0.15, 0.2) is 0 Å². The summed E-state index contributed by atoms with van der Waals surface area (Å²) < 4.78 is 18.2. The number of amides is 1. The first-order valence-corrected chi connectivity index (χ1v) is 6.22. The maximum Gasteiger partial charge on any atom is 0.326 e. The van der Waals surface area contributed by atoms with Crippen LogP contribution >= 0.6 is 0 Å². The van der Waals surface area contributed by atoms with Crippen molar-refractivity contribution in [3.63, 3.8) is 0 Å². The average molecular weight is 297 g/mol. The van der Waals surface area contributed by atoms with Gasteiger partial charge >= 0.3 is 11.9 Å². The molecule has 0 aliphatic heterocycles. The van der Waals surface area contributed by atoms with Gasteiger partial charge in [-0.1, -0.05) is 12.1 Å². The van der Waals surface area contributed by atoms with Crippen LogP contribution in [0.1, 0.15) is 28.8 Å². The van der Waals surface area contributed by atoms with Crippen molar-refractivity contribution in [2.45, 2.75) is 25.8 Å². The second-order valence-corrected chi connectivity index (χ2v) is 4.42. The molecule has 2 N–H and O–H groups in total. The Bertz CT molecular complexity index is 558. The molecule has 1 aromatic rings. The van der Waals surface area contributed by atoms with E-state index in [2.05, 4.69) is 10.1 Å². The molecule has 0 saturated carbocycles. The molecular formula is C14H16FNO5. The number of carbonyl (C=O) groups excluding carboxylic acids is 2. The number of carboxylic acid groups (broad SMARTS) is 1. The van der Waals surface area contributed by atoms with Gasteiger partial charge in [-0.2, -0.15) is 0 Å². The molecule has 0 aliphatic carbocycles. The summed E-state index contributed by atoms with van der Waals surface area (Å²) in [6.45, 7) is 1.50. The van der Waals surface area contributed by atoms with E-state index in [9.17, 15) is 18.8 Å². The minimum atomic E-state index is -1.31. The van der Waals surface area contributed by atoms with E-state index >= 15 is 0 Å². The zero-order valence-electron chi connectivity index (χ0n) is 11.7. The highest BCUT2D eigenvalue weighted by molar-refractivity contribution is 5.97. The molecule has 1 aromatic carbocycles. The summed E-state index contributed by atoms with van der Waals surface area (Å²) in [5.41, 5.74) is 0.0448. The smallest absolute Gasteiger partial charge is 0.326 e. The van der Waals surface area contributed by atoms with Crippen molar-refractivity contribution in [3.8, 4) is 0 Å². The van der Waals surface area contributed by atoms with Gasteiger partial charge in [-0.25, -0.2) is 9.18 Å². The summed E-state index contributed by atoms with van der Waals surface area (Å²) in [6, 6.07) is 2.96. The SMILES string of the molecule is COC(=O)CC[C@@H](NC(=O)c1cccc(C)c1F)C(=O)O. The van der Waals surface area contributed by atoms with Crippen molar-refractivity contribution < 1.29 is 28.6 Å². The Morgan fingerprint density at radius 1 is 1.38 bits per heavy atom. The van der Waals surface area contributed by atoms with E-state index in [0.717, 1.165) is 0 Å². The van der Waals surface area contributed by atoms with Gasteiger partial charge in [0.05, 0.1) is 12.7 Å². The lowest BCUT2D eigenvalue weighted by molar-refractivity contribution is -0.142. The van der Waals surface area contributed by atoms with Crippen molar-refractivity contribution in [2.75, 3.05) is 7.11 Å². The molecule has 0 spiro atoms. The fourth-order valence-electron chi connectivity index (χ4n) is 1.68. The number of methoxy groups -OCH3 is 1. The van der Waals surface area contributed by atoms with Gasteiger partial charge in [-0.3, -0.25) is 9.59 Å². The van der Waals surface area contributed by atoms with Crippen molar-refractivity contribution >= 4 is 17.8 Å². The molecule has 1 rings (SSSR count). The molecule has 21 heavy (non-hydrogen) atoms. The Labute approximate surface area is 120 Å². The molecule has 1 atom stereocenters. The molecule has 0 unspecified atom stereocenters. The highest BCUT2D eigenvalue weighted by Crippen LogP contribution is 2.12. The van der Waals surface area contributed by atoms with Crippen LogP contribution in [-0.2, 0) is 14.3 Å². The Morgan fingerprint density at radius 2 is 2.05 bits per heavy atom. The van der Waals surface area contributed by atoms with Crippen LogP contribution in [0, 0.1) is 12.7 Å². The number of nitrogens with one attached hydrogen (secondary N) is 1. The second-order valence-electron chi connectivity index (χ2n) is 4.42. The largest absolute Gasteiger partial charge is 0.480 e. The van der Waals surface area contributed by atoms with Crippen LogP contribution in [0.15, 0.2) is 18.2 Å². The summed E-state index contributed by atoms with van der Waals surface area (Å²) >= 11 is 0. The van der Waals surface area contributed by atoms with E-state index in [-0.39, 0.29) is 24.0 Å². The highest BCUT2D eigenvalue weighted by Gasteiger charge is 2.23. The number of ether oxygens (including phenoxy) is 1. The summed E-state index contributed by atoms with van der Waals surface area (Å²) in [5.74, 6) is -3.43. The minimum Gasteiger partial charge on any atom is -0.480 e. The lowest BCUT2D eigenvalue weighted by Gasteiger charge is -2.14. The predicted octanol–water partition coefficient (Wildman–Crippen LogP) is 1.27. The predicted molar refractivity (Wildman–Crippen MR) is 71.3 cm³/mol. The number of carbonyl (C=O) groups is 3. The number of carboxylic acids is 1. The first-order chi connectivity index (χ1) is 9.86. The van der Waals surface area contributed by atoms with Crippen LogP contribution in [0.25, 0.3) is 0 Å². The van der Waals surface area contributed by atoms with Gasteiger partial charge in [0, 0.05) is 6.42 Å². The summed E-state index contributed by atoms with van der Waals surface area (Å²) in [4.78, 5) is 34.0. The van der Waals surface area contributed by atoms with Gasteiger partial charge < -0.3 is 15.2 Å². The fraction of sp³-hybridized carbons (Fsp3) is 0.357. The summed E-state index contributed by atoms with van der Waals surface area (Å²) in [7, 11) is 1.18. The maximum atomic E-state index is 13.8. The summed E-state index contributed by atoms with van der Waals surface area (Å²) in [5, 5.41) is 11.2. The molecule has 0 radical (unpaired) electrons. The van der Waals surface area contributed by atoms with Crippen molar-refractivity contribution in [1.29, 1.82) is 0 Å². The fourth-order valence-corrected chi connectivity index (χ4v) is 1.68. The average Bonchev–Trinajstić information content (AvgIpc) is 2.45. The van der Waals surface area contributed by atoms with Crippen LogP contribution < -0.4 is 5.32 Å². The van der Waals surface area contributed by atoms with E-state index in [0.29, 0.717) is 0 Å². The van der Waals surface area contributed by atoms with Crippen LogP contribution in [0.5, 0.6) is 0 Å². The van der Waals surface area contributed by atoms with Crippen molar-refractivity contribution in [2.24, 2.45) is 0 Å². The molecule has 114 valence electrons. The molecule has 0 saturated heterocycles. The molecule has 0 fully saturated rings. The quantitative estimate of drug-likeness (QED) is 0.771. The van der Waals surface area contributed by atoms with Gasteiger partial charge in [0.25, 0.3) is 5.91 Å². The van der Waals surface area contributed by atoms with E-state index in [1.165, 1.54) is 32.2 Å². The van der Waals surface area contributed by atoms with Crippen molar-refractivity contribution in [1.82, 2.24) is 5.32 Å². The highest BCUT2D eigenvalue weighted by atomic mass is 19.1. The lowest BCUT2D eigenvalue weighted by atomic mass is 10.1. The van der Waals surface area contributed by atoms with Gasteiger partial charge in [0.1, 0.15) is 11.9 Å². The van der Waals surface area contributed by atoms with Gasteiger partial charge in [0.2, 0.25) is 0 Å². The molecule has 0 aromatic heterocycles. The Morgan fingerprint density at radius 3 is 2.62 bits per heavy atom. The Kier molecular flexibility index (Phi) is 5.83. The lowest BCUT2D eigenvalue weighted by Crippen LogP contribution is -2.41. The Balaban J connectivity index is 2.79. The normalized spacial score (nSPS) is 11.6. The number of halogens is 1. The molecular weight excluding hydrogens is 281 g/mol. The molecule has 6 nitrogen and oxygen atoms in total. The van der Waals surface area contributed by atoms with Crippen LogP contribution in [0.3, 0.4) is 0 Å². The monoisotopic (exact) mass is 297 g/mol. The van der Waals surface area contributed by atoms with Crippen LogP contribution in [0.2, 0.25) is 0 Å². The number of hydrogen-bond donors (Lipinski definition) is 2. The topological polar surface area (TPSA) is 92.7 Å². The van der Waals surface area contributed by atoms with E-state index in [1.807, 2.05) is 0 Å². The van der Waals surface area contributed by atoms with Crippen molar-refractivity contribution in [3.05, 3.63) is 35.1 Å². The number of hydrogen-bond acceptors (Lipinski definition) is 4. The third kappa shape index (κ3) is 4.55. The first kappa shape index (κ1) is 16.6. The third-order valence-corrected chi connectivity index (χ3v) is 2.90. The van der Waals surface area contributed by atoms with E-state index < -0.39 is 29.7 Å². The molecule has 1 amide bonds. The van der Waals surface area contributed by atoms with Crippen LogP contribution in [-0.4, -0.2) is 36.1 Å². The Hall–Kier alpha value is -2.44. The molecule has 0 bridgehead atoms. The van der Waals surface area contributed by atoms with Crippen LogP contribution in [0.4, 0.5) is 4.39 Å². The van der Waals surface area contributed by atoms with E-state index in [1.54, 1.807) is 0 Å². The zero-order chi connectivity index (χ0) is 16.0. The van der Waals surface area contributed by atoms with Gasteiger partial charge in [-0.15, -0.1) is 0 Å². The maximum absolute atomic E-state index is 13.8. The summed E-state index contributed by atoms with van der Waals surface area (Å²) in [6.07, 6.45) is -0.300. The number of aliphatic carboxylic acids is 1. The number of benzene rings is 1. The zero-order valence-corrected chi connectivity index (χ0v) is 11.7. The molecule has 0 aliphatic rings. The standard InChI is InChI=1S/C14H16FNO5/c1-8-4-3-5-9(12(8)15)13(18)16-10(14(19)20)6-7-11(17)21-2/h3-5,10H,6-7H2,1-2H3,(H,16,18)(H,19,20)/t10-/m1/s1. The second kappa shape index (κ2) is 7.37. The van der Waals surface area contributed by atoms with Gasteiger partial charge in [-0.05, 0) is 25.0 Å². The van der Waals surface area contributed by atoms with E-state index in [4.69, 9.17) is 5.11 Å². The minimum absolute atomic E-state index is 0.138. The number of esters is 1. The number of aryl methyl sites for hydroxylation is 1. The third-order valence-electron chi connectivity index (χ3n) is 2.90. The molecule has 0 heterocycles. The first-order valence-electron chi connectivity index (χ1n) is 6.22. The number of rotatable bonds is 6.